The Morgan fingerprint density at radius 1 is 0.675 bits per heavy atom. The fraction of sp³-hybridized carbons (Fsp3) is 0.231. The van der Waals surface area contributed by atoms with E-state index >= 15 is 0 Å². The highest BCUT2D eigenvalue weighted by Crippen LogP contribution is 2.63. The van der Waals surface area contributed by atoms with Crippen LogP contribution < -0.4 is 0 Å². The van der Waals surface area contributed by atoms with E-state index in [9.17, 15) is 0 Å². The number of allylic oxidation sites excluding steroid dienone is 2. The van der Waals surface area contributed by atoms with E-state index in [0.717, 1.165) is 10.9 Å². The van der Waals surface area contributed by atoms with Crippen LogP contribution in [0.1, 0.15) is 44.2 Å². The van der Waals surface area contributed by atoms with E-state index in [4.69, 9.17) is 11.6 Å². The molecular weight excluding hydrogens is 504 g/mol. The number of fused-ring (bicyclic) bond motifs is 9. The Morgan fingerprint density at radius 2 is 1.45 bits per heavy atom. The number of benzene rings is 5. The van der Waals surface area contributed by atoms with Gasteiger partial charge in [-0.2, -0.15) is 0 Å². The molecule has 1 spiro atoms. The molecule has 0 heterocycles. The van der Waals surface area contributed by atoms with Crippen molar-refractivity contribution < 1.29 is 0 Å². The van der Waals surface area contributed by atoms with Crippen LogP contribution in [-0.4, -0.2) is 0 Å². The van der Waals surface area contributed by atoms with E-state index < -0.39 is 0 Å². The minimum Gasteiger partial charge on any atom is -0.0836 e. The second-order valence-electron chi connectivity index (χ2n) is 12.5. The summed E-state index contributed by atoms with van der Waals surface area (Å²) in [6, 6.07) is 38.0. The highest BCUT2D eigenvalue weighted by atomic mass is 35.5. The Morgan fingerprint density at radius 3 is 2.33 bits per heavy atom. The second-order valence-corrected chi connectivity index (χ2v) is 12.9. The van der Waals surface area contributed by atoms with Crippen molar-refractivity contribution in [3.63, 3.8) is 0 Å². The molecule has 1 heteroatoms. The molecule has 0 aromatic heterocycles. The summed E-state index contributed by atoms with van der Waals surface area (Å²) in [6.45, 7) is 4.84. The van der Waals surface area contributed by atoms with Gasteiger partial charge in [-0.1, -0.05) is 115 Å². The van der Waals surface area contributed by atoms with Gasteiger partial charge in [0.2, 0.25) is 0 Å². The SMILES string of the molecule is CC1=CC2(c3cc(-c4ccccc4)ccc3-c3c(Cl)cc(-c4cccc5ccccc45)cc32)C2CC(C)CC1C2. The van der Waals surface area contributed by atoms with Crippen molar-refractivity contribution in [3.05, 3.63) is 131 Å². The molecule has 1 fully saturated rings. The summed E-state index contributed by atoms with van der Waals surface area (Å²) in [5.74, 6) is 1.99. The smallest absolute Gasteiger partial charge is 0.0493 e. The first-order valence-electron chi connectivity index (χ1n) is 14.7. The number of halogens is 1. The number of rotatable bonds is 2. The average Bonchev–Trinajstić information content (AvgIpc) is 3.26. The highest BCUT2D eigenvalue weighted by Gasteiger charge is 2.52. The van der Waals surface area contributed by atoms with Crippen LogP contribution in [0.2, 0.25) is 5.02 Å². The average molecular weight is 537 g/mol. The summed E-state index contributed by atoms with van der Waals surface area (Å²) in [7, 11) is 0. The van der Waals surface area contributed by atoms with Gasteiger partial charge in [-0.25, -0.2) is 0 Å². The molecule has 5 aromatic rings. The van der Waals surface area contributed by atoms with Crippen molar-refractivity contribution in [2.75, 3.05) is 0 Å². The maximum Gasteiger partial charge on any atom is 0.0493 e. The van der Waals surface area contributed by atoms with Crippen LogP contribution in [0.15, 0.2) is 115 Å². The standard InChI is InChI=1S/C39H33Cl/c1-24-17-29-19-31(18-24)39(23-25(29)2)35-20-28(26-9-4-3-5-10-26)15-16-34(35)38-36(39)21-30(22-37(38)40)33-14-8-12-27-11-6-7-13-32(27)33/h3-16,20-24,29,31H,17-19H2,1-2H3. The lowest BCUT2D eigenvalue weighted by atomic mass is 9.55. The van der Waals surface area contributed by atoms with E-state index in [2.05, 4.69) is 123 Å². The van der Waals surface area contributed by atoms with Crippen LogP contribution >= 0.6 is 11.6 Å². The summed E-state index contributed by atoms with van der Waals surface area (Å²) in [6.07, 6.45) is 6.50. The Kier molecular flexibility index (Phi) is 5.42. The van der Waals surface area contributed by atoms with E-state index in [0.29, 0.717) is 11.8 Å². The molecule has 196 valence electrons. The molecule has 5 aromatic carbocycles. The van der Waals surface area contributed by atoms with Crippen LogP contribution in [0.5, 0.6) is 0 Å². The molecule has 0 radical (unpaired) electrons. The van der Waals surface area contributed by atoms with Gasteiger partial charge in [0.15, 0.2) is 0 Å². The first-order chi connectivity index (χ1) is 19.5. The zero-order valence-corrected chi connectivity index (χ0v) is 23.9. The van der Waals surface area contributed by atoms with E-state index in [1.807, 2.05) is 0 Å². The molecule has 8 rings (SSSR count). The number of hydrogen-bond acceptors (Lipinski definition) is 0. The van der Waals surface area contributed by atoms with Crippen LogP contribution in [0.4, 0.5) is 0 Å². The van der Waals surface area contributed by atoms with Crippen molar-refractivity contribution >= 4 is 22.4 Å². The minimum absolute atomic E-state index is 0.158. The third-order valence-electron chi connectivity index (χ3n) is 10.2. The summed E-state index contributed by atoms with van der Waals surface area (Å²) in [5, 5.41) is 3.40. The lowest BCUT2D eigenvalue weighted by molar-refractivity contribution is 0.168. The number of hydrogen-bond donors (Lipinski definition) is 0. The van der Waals surface area contributed by atoms with E-state index in [1.165, 1.54) is 74.5 Å². The fourth-order valence-electron chi connectivity index (χ4n) is 8.44. The Bertz CT molecular complexity index is 1820. The van der Waals surface area contributed by atoms with Crippen molar-refractivity contribution in [2.24, 2.45) is 17.8 Å². The maximum atomic E-state index is 7.34. The molecular formula is C39H33Cl. The van der Waals surface area contributed by atoms with Crippen LogP contribution in [0.3, 0.4) is 0 Å². The molecule has 3 aliphatic rings. The summed E-state index contributed by atoms with van der Waals surface area (Å²) >= 11 is 7.34. The van der Waals surface area contributed by atoms with E-state index in [1.54, 1.807) is 5.57 Å². The highest BCUT2D eigenvalue weighted by molar-refractivity contribution is 6.34. The van der Waals surface area contributed by atoms with Gasteiger partial charge in [0.1, 0.15) is 0 Å². The predicted octanol–water partition coefficient (Wildman–Crippen LogP) is 11.1. The zero-order valence-electron chi connectivity index (χ0n) is 23.1. The molecule has 2 bridgehead atoms. The minimum atomic E-state index is -0.158. The van der Waals surface area contributed by atoms with Crippen LogP contribution in [-0.2, 0) is 5.41 Å². The van der Waals surface area contributed by atoms with Gasteiger partial charge < -0.3 is 0 Å². The second kappa shape index (κ2) is 8.95. The topological polar surface area (TPSA) is 0 Å². The molecule has 40 heavy (non-hydrogen) atoms. The summed E-state index contributed by atoms with van der Waals surface area (Å²) in [4.78, 5) is 0. The van der Waals surface area contributed by atoms with Gasteiger partial charge in [-0.3, -0.25) is 0 Å². The van der Waals surface area contributed by atoms with Gasteiger partial charge in [-0.05, 0) is 112 Å². The van der Waals surface area contributed by atoms with Gasteiger partial charge >= 0.3 is 0 Å². The molecule has 4 atom stereocenters. The van der Waals surface area contributed by atoms with Gasteiger partial charge in [0.05, 0.1) is 0 Å². The normalized spacial score (nSPS) is 24.6. The van der Waals surface area contributed by atoms with Crippen LogP contribution in [0.25, 0.3) is 44.2 Å². The van der Waals surface area contributed by atoms with Gasteiger partial charge in [-0.15, -0.1) is 0 Å². The molecule has 3 aliphatic carbocycles. The zero-order chi connectivity index (χ0) is 27.0. The molecule has 0 saturated heterocycles. The van der Waals surface area contributed by atoms with Gasteiger partial charge in [0, 0.05) is 16.0 Å². The maximum absolute atomic E-state index is 7.34. The largest absolute Gasteiger partial charge is 0.0836 e. The van der Waals surface area contributed by atoms with Crippen molar-refractivity contribution in [1.29, 1.82) is 0 Å². The third-order valence-corrected chi connectivity index (χ3v) is 10.5. The lowest BCUT2D eigenvalue weighted by Crippen LogP contribution is -2.42. The van der Waals surface area contributed by atoms with E-state index in [-0.39, 0.29) is 5.41 Å². The van der Waals surface area contributed by atoms with Crippen molar-refractivity contribution in [2.45, 2.75) is 38.5 Å². The van der Waals surface area contributed by atoms with Crippen molar-refractivity contribution in [3.8, 4) is 33.4 Å². The van der Waals surface area contributed by atoms with Gasteiger partial charge in [0.25, 0.3) is 0 Å². The summed E-state index contributed by atoms with van der Waals surface area (Å²) < 4.78 is 0. The molecule has 4 unspecified atom stereocenters. The van der Waals surface area contributed by atoms with Crippen molar-refractivity contribution in [1.82, 2.24) is 0 Å². The van der Waals surface area contributed by atoms with Crippen LogP contribution in [0, 0.1) is 17.8 Å². The Hall–Kier alpha value is -3.61. The molecule has 0 N–H and O–H groups in total. The molecule has 0 aliphatic heterocycles. The third kappa shape index (κ3) is 3.45. The Balaban J connectivity index is 1.43. The monoisotopic (exact) mass is 536 g/mol. The summed E-state index contributed by atoms with van der Waals surface area (Å²) in [5.41, 5.74) is 11.8. The predicted molar refractivity (Wildman–Crippen MR) is 170 cm³/mol. The molecule has 0 amide bonds. The fourth-order valence-corrected chi connectivity index (χ4v) is 8.76. The lowest BCUT2D eigenvalue weighted by Gasteiger charge is -2.49. The molecule has 1 saturated carbocycles. The quantitative estimate of drug-likeness (QED) is 0.197. The first-order valence-corrected chi connectivity index (χ1v) is 15.1. The molecule has 0 nitrogen and oxygen atoms in total. The first kappa shape index (κ1) is 24.2. The Labute approximate surface area is 242 Å².